The predicted octanol–water partition coefficient (Wildman–Crippen LogP) is 0.710. The van der Waals surface area contributed by atoms with Crippen LogP contribution >= 0.6 is 0 Å². The van der Waals surface area contributed by atoms with Crippen molar-refractivity contribution in [1.82, 2.24) is 0 Å². The van der Waals surface area contributed by atoms with Crippen molar-refractivity contribution in [2.75, 3.05) is 19.8 Å². The van der Waals surface area contributed by atoms with Gasteiger partial charge in [0.15, 0.2) is 6.29 Å². The van der Waals surface area contributed by atoms with Gasteiger partial charge in [-0.05, 0) is 6.08 Å². The van der Waals surface area contributed by atoms with Gasteiger partial charge in [0.05, 0.1) is 19.8 Å². The highest BCUT2D eigenvalue weighted by Gasteiger charge is 2.09. The largest absolute Gasteiger partial charge is 0.392 e. The van der Waals surface area contributed by atoms with Gasteiger partial charge in [-0.3, -0.25) is 0 Å². The zero-order valence-corrected chi connectivity index (χ0v) is 6.53. The monoisotopic (exact) mass is 158 g/mol. The molecule has 0 aromatic rings. The van der Waals surface area contributed by atoms with Crippen molar-refractivity contribution in [3.8, 4) is 0 Å². The SMILES string of the molecule is C=CC1OCCO1.C=CCO. The van der Waals surface area contributed by atoms with Gasteiger partial charge in [0.2, 0.25) is 0 Å². The van der Waals surface area contributed by atoms with Gasteiger partial charge in [-0.15, -0.1) is 6.58 Å². The molecule has 1 aliphatic heterocycles. The highest BCUT2D eigenvalue weighted by atomic mass is 16.7. The van der Waals surface area contributed by atoms with E-state index in [1.807, 2.05) is 0 Å². The molecule has 0 unspecified atom stereocenters. The molecule has 1 saturated heterocycles. The smallest absolute Gasteiger partial charge is 0.176 e. The Kier molecular flexibility index (Phi) is 7.03. The minimum absolute atomic E-state index is 0.0833. The van der Waals surface area contributed by atoms with Gasteiger partial charge >= 0.3 is 0 Å². The van der Waals surface area contributed by atoms with E-state index in [2.05, 4.69) is 13.2 Å². The summed E-state index contributed by atoms with van der Waals surface area (Å²) in [7, 11) is 0. The maximum Gasteiger partial charge on any atom is 0.176 e. The van der Waals surface area contributed by atoms with Crippen LogP contribution in [0.2, 0.25) is 0 Å². The minimum Gasteiger partial charge on any atom is -0.392 e. The summed E-state index contributed by atoms with van der Waals surface area (Å²) in [6.45, 7) is 8.22. The zero-order valence-electron chi connectivity index (χ0n) is 6.53. The molecule has 3 heteroatoms. The molecular formula is C8H14O3. The van der Waals surface area contributed by atoms with E-state index >= 15 is 0 Å². The number of aliphatic hydroxyl groups is 1. The van der Waals surface area contributed by atoms with Gasteiger partial charge < -0.3 is 14.6 Å². The summed E-state index contributed by atoms with van der Waals surface area (Å²) in [6.07, 6.45) is 2.94. The third kappa shape index (κ3) is 5.79. The van der Waals surface area contributed by atoms with Crippen LogP contribution in [0.25, 0.3) is 0 Å². The molecule has 11 heavy (non-hydrogen) atoms. The highest BCUT2D eigenvalue weighted by Crippen LogP contribution is 2.02. The van der Waals surface area contributed by atoms with Crippen LogP contribution in [0.4, 0.5) is 0 Å². The van der Waals surface area contributed by atoms with E-state index < -0.39 is 0 Å². The Bertz CT molecular complexity index is 106. The third-order valence-electron chi connectivity index (χ3n) is 0.969. The number of aliphatic hydroxyl groups excluding tert-OH is 1. The lowest BCUT2D eigenvalue weighted by molar-refractivity contribution is -0.00126. The molecule has 1 fully saturated rings. The van der Waals surface area contributed by atoms with Gasteiger partial charge in [-0.25, -0.2) is 0 Å². The first-order valence-electron chi connectivity index (χ1n) is 3.42. The minimum atomic E-state index is -0.139. The van der Waals surface area contributed by atoms with Crippen molar-refractivity contribution in [1.29, 1.82) is 0 Å². The summed E-state index contributed by atoms with van der Waals surface area (Å²) < 4.78 is 9.92. The normalized spacial score (nSPS) is 16.8. The van der Waals surface area contributed by atoms with E-state index in [4.69, 9.17) is 14.6 Å². The van der Waals surface area contributed by atoms with Crippen LogP contribution in [0.5, 0.6) is 0 Å². The standard InChI is InChI=1S/C5H8O2.C3H6O/c1-2-5-6-3-4-7-5;1-2-3-4/h2,5H,1,3-4H2;2,4H,1,3H2. The van der Waals surface area contributed by atoms with E-state index in [0.29, 0.717) is 13.2 Å². The average molecular weight is 158 g/mol. The first-order chi connectivity index (χ1) is 5.35. The summed E-state index contributed by atoms with van der Waals surface area (Å²) in [5.74, 6) is 0. The van der Waals surface area contributed by atoms with Gasteiger partial charge in [0.1, 0.15) is 0 Å². The van der Waals surface area contributed by atoms with E-state index in [1.54, 1.807) is 6.08 Å². The molecule has 0 aromatic carbocycles. The number of hydrogen-bond donors (Lipinski definition) is 1. The Balaban J connectivity index is 0.000000218. The topological polar surface area (TPSA) is 38.7 Å². The second-order valence-corrected chi connectivity index (χ2v) is 1.82. The first-order valence-corrected chi connectivity index (χ1v) is 3.42. The lowest BCUT2D eigenvalue weighted by Gasteiger charge is -1.97. The van der Waals surface area contributed by atoms with Crippen LogP contribution in [-0.4, -0.2) is 31.2 Å². The fraction of sp³-hybridized carbons (Fsp3) is 0.500. The number of hydrogen-bond acceptors (Lipinski definition) is 3. The predicted molar refractivity (Wildman–Crippen MR) is 43.2 cm³/mol. The Morgan fingerprint density at radius 3 is 2.00 bits per heavy atom. The molecule has 64 valence electrons. The van der Waals surface area contributed by atoms with Gasteiger partial charge in [-0.1, -0.05) is 12.7 Å². The fourth-order valence-electron chi connectivity index (χ4n) is 0.513. The van der Waals surface area contributed by atoms with Crippen LogP contribution in [0.15, 0.2) is 25.3 Å². The summed E-state index contributed by atoms with van der Waals surface area (Å²) in [5, 5.41) is 7.76. The first kappa shape index (κ1) is 10.4. The maximum absolute atomic E-state index is 7.76. The van der Waals surface area contributed by atoms with Gasteiger partial charge in [0, 0.05) is 0 Å². The molecule has 0 bridgehead atoms. The Hall–Kier alpha value is -0.640. The Morgan fingerprint density at radius 1 is 1.36 bits per heavy atom. The molecule has 1 heterocycles. The van der Waals surface area contributed by atoms with Crippen molar-refractivity contribution in [3.63, 3.8) is 0 Å². The van der Waals surface area contributed by atoms with E-state index in [9.17, 15) is 0 Å². The van der Waals surface area contributed by atoms with Crippen molar-refractivity contribution in [3.05, 3.63) is 25.3 Å². The van der Waals surface area contributed by atoms with Gasteiger partial charge in [0.25, 0.3) is 0 Å². The average Bonchev–Trinajstić information content (AvgIpc) is 2.56. The van der Waals surface area contributed by atoms with Crippen LogP contribution < -0.4 is 0 Å². The maximum atomic E-state index is 7.76. The molecule has 0 radical (unpaired) electrons. The molecule has 0 saturated carbocycles. The second kappa shape index (κ2) is 7.47. The summed E-state index contributed by atoms with van der Waals surface area (Å²) in [4.78, 5) is 0. The quantitative estimate of drug-likeness (QED) is 0.601. The zero-order chi connectivity index (χ0) is 8.53. The van der Waals surface area contributed by atoms with Crippen molar-refractivity contribution in [2.24, 2.45) is 0 Å². The summed E-state index contributed by atoms with van der Waals surface area (Å²) in [5.41, 5.74) is 0. The van der Waals surface area contributed by atoms with Crippen LogP contribution in [0.1, 0.15) is 0 Å². The Labute approximate surface area is 66.9 Å². The van der Waals surface area contributed by atoms with Crippen LogP contribution in [0.3, 0.4) is 0 Å². The Morgan fingerprint density at radius 2 is 1.82 bits per heavy atom. The van der Waals surface area contributed by atoms with E-state index in [1.165, 1.54) is 6.08 Å². The molecule has 3 nitrogen and oxygen atoms in total. The summed E-state index contributed by atoms with van der Waals surface area (Å²) >= 11 is 0. The molecule has 0 aliphatic carbocycles. The van der Waals surface area contributed by atoms with Crippen LogP contribution in [0, 0.1) is 0 Å². The van der Waals surface area contributed by atoms with E-state index in [0.717, 1.165) is 0 Å². The molecule has 1 aliphatic rings. The molecule has 1 rings (SSSR count). The molecule has 0 aromatic heterocycles. The highest BCUT2D eigenvalue weighted by molar-refractivity contribution is 4.73. The lowest BCUT2D eigenvalue weighted by Crippen LogP contribution is -2.00. The van der Waals surface area contributed by atoms with Crippen molar-refractivity contribution in [2.45, 2.75) is 6.29 Å². The molecule has 0 atom stereocenters. The molecule has 0 spiro atoms. The second-order valence-electron chi connectivity index (χ2n) is 1.82. The summed E-state index contributed by atoms with van der Waals surface area (Å²) in [6, 6.07) is 0. The lowest BCUT2D eigenvalue weighted by atomic mass is 10.6. The molecular weight excluding hydrogens is 144 g/mol. The number of rotatable bonds is 2. The van der Waals surface area contributed by atoms with Crippen molar-refractivity contribution < 1.29 is 14.6 Å². The third-order valence-corrected chi connectivity index (χ3v) is 0.969. The number of ether oxygens (including phenoxy) is 2. The van der Waals surface area contributed by atoms with Crippen LogP contribution in [-0.2, 0) is 9.47 Å². The van der Waals surface area contributed by atoms with Crippen molar-refractivity contribution >= 4 is 0 Å². The fourth-order valence-corrected chi connectivity index (χ4v) is 0.513. The molecule has 0 amide bonds. The molecule has 1 N–H and O–H groups in total. The van der Waals surface area contributed by atoms with E-state index in [-0.39, 0.29) is 12.9 Å². The van der Waals surface area contributed by atoms with Gasteiger partial charge in [-0.2, -0.15) is 0 Å².